The maximum atomic E-state index is 11.7. The Kier molecular flexibility index (Phi) is 3.88. The molecule has 0 saturated carbocycles. The summed E-state index contributed by atoms with van der Waals surface area (Å²) in [6.07, 6.45) is 0. The van der Waals surface area contributed by atoms with E-state index in [2.05, 4.69) is 3.53 Å². The van der Waals surface area contributed by atoms with Gasteiger partial charge >= 0.3 is 125 Å². The van der Waals surface area contributed by atoms with E-state index in [9.17, 15) is 4.79 Å². The van der Waals surface area contributed by atoms with Gasteiger partial charge in [-0.05, 0) is 0 Å². The van der Waals surface area contributed by atoms with Crippen LogP contribution >= 0.6 is 20.5 Å². The zero-order chi connectivity index (χ0) is 13.9. The van der Waals surface area contributed by atoms with Crippen LogP contribution in [0.15, 0.2) is 48.5 Å². The number of rotatable bonds is 4. The van der Waals surface area contributed by atoms with E-state index in [1.807, 2.05) is 48.5 Å². The molecule has 0 spiro atoms. The van der Waals surface area contributed by atoms with Crippen LogP contribution in [0.5, 0.6) is 5.75 Å². The quantitative estimate of drug-likeness (QED) is 0.651. The van der Waals surface area contributed by atoms with Crippen LogP contribution in [0.3, 0.4) is 0 Å². The van der Waals surface area contributed by atoms with E-state index in [1.165, 1.54) is 0 Å². The molecule has 0 amide bonds. The first-order valence-corrected chi connectivity index (χ1v) is 9.20. The van der Waals surface area contributed by atoms with Crippen molar-refractivity contribution >= 4 is 26.5 Å². The Morgan fingerprint density at radius 2 is 1.90 bits per heavy atom. The molecule has 0 bridgehead atoms. The molecule has 1 N–H and O–H groups in total. The monoisotopic (exact) mass is 383 g/mol. The van der Waals surface area contributed by atoms with Crippen molar-refractivity contribution in [3.63, 3.8) is 0 Å². The molecule has 0 fully saturated rings. The molecule has 1 aliphatic heterocycles. The van der Waals surface area contributed by atoms with Crippen LogP contribution in [0, 0.1) is 3.57 Å². The summed E-state index contributed by atoms with van der Waals surface area (Å²) in [6.45, 7) is 0.691. The summed E-state index contributed by atoms with van der Waals surface area (Å²) in [5.41, 5.74) is 1.85. The van der Waals surface area contributed by atoms with Gasteiger partial charge in [-0.15, -0.1) is 0 Å². The summed E-state index contributed by atoms with van der Waals surface area (Å²) in [5.74, 6) is 0.637. The van der Waals surface area contributed by atoms with Crippen LogP contribution in [0.4, 0.5) is 0 Å². The van der Waals surface area contributed by atoms with Gasteiger partial charge in [0.2, 0.25) is 0 Å². The summed E-state index contributed by atoms with van der Waals surface area (Å²) in [5, 5.41) is 0. The van der Waals surface area contributed by atoms with E-state index in [0.29, 0.717) is 12.1 Å². The number of halogens is 1. The van der Waals surface area contributed by atoms with Gasteiger partial charge < -0.3 is 0 Å². The maximum absolute atomic E-state index is 11.7. The summed E-state index contributed by atoms with van der Waals surface area (Å²) >= 11 is -2.05. The van der Waals surface area contributed by atoms with E-state index < -0.39 is 20.5 Å². The van der Waals surface area contributed by atoms with Crippen molar-refractivity contribution in [1.82, 2.24) is 3.53 Å². The van der Waals surface area contributed by atoms with Crippen molar-refractivity contribution in [3.8, 4) is 5.75 Å². The standard InChI is InChI=1S/C15H14INO3/c1-19-12-8-6-11(7-9-12)10-17-16-14-5-3-2-4-13(14)15(18)20-16/h2-9,17H,10H2,1H3. The molecule has 0 atom stereocenters. The van der Waals surface area contributed by atoms with Crippen molar-refractivity contribution in [2.75, 3.05) is 7.11 Å². The Bertz CT molecular complexity index is 627. The van der Waals surface area contributed by atoms with Gasteiger partial charge in [-0.3, -0.25) is 0 Å². The summed E-state index contributed by atoms with van der Waals surface area (Å²) in [4.78, 5) is 11.7. The number of carbonyl (C=O) groups excluding carboxylic acids is 1. The first-order chi connectivity index (χ1) is 9.78. The van der Waals surface area contributed by atoms with Crippen molar-refractivity contribution in [2.45, 2.75) is 6.54 Å². The molecule has 0 saturated heterocycles. The van der Waals surface area contributed by atoms with Gasteiger partial charge in [0, 0.05) is 0 Å². The molecule has 2 aromatic carbocycles. The number of fused-ring (bicyclic) bond motifs is 1. The third kappa shape index (κ3) is 2.64. The Hall–Kier alpha value is -1.60. The third-order valence-corrected chi connectivity index (χ3v) is 6.89. The predicted molar refractivity (Wildman–Crippen MR) is 84.4 cm³/mol. The number of hydrogen-bond donors (Lipinski definition) is 1. The first-order valence-electron chi connectivity index (χ1n) is 6.16. The van der Waals surface area contributed by atoms with Gasteiger partial charge in [-0.25, -0.2) is 0 Å². The van der Waals surface area contributed by atoms with Gasteiger partial charge in [0.1, 0.15) is 0 Å². The van der Waals surface area contributed by atoms with Crippen LogP contribution in [0.1, 0.15) is 15.9 Å². The van der Waals surface area contributed by atoms with Crippen LogP contribution in [-0.4, -0.2) is 13.1 Å². The van der Waals surface area contributed by atoms with Gasteiger partial charge in [-0.1, -0.05) is 0 Å². The van der Waals surface area contributed by atoms with Crippen molar-refractivity contribution in [1.29, 1.82) is 0 Å². The Morgan fingerprint density at radius 3 is 2.65 bits per heavy atom. The molecule has 0 unspecified atom stereocenters. The molecule has 1 aliphatic rings. The second kappa shape index (κ2) is 5.80. The van der Waals surface area contributed by atoms with E-state index >= 15 is 0 Å². The van der Waals surface area contributed by atoms with Crippen LogP contribution in [0.25, 0.3) is 0 Å². The third-order valence-electron chi connectivity index (χ3n) is 2.98. The van der Waals surface area contributed by atoms with Crippen LogP contribution in [-0.2, 0) is 9.61 Å². The first kappa shape index (κ1) is 13.4. The molecule has 2 aromatic rings. The number of hydrogen-bond acceptors (Lipinski definition) is 4. The molecule has 0 aliphatic carbocycles. The fraction of sp³-hybridized carbons (Fsp3) is 0.133. The molecule has 1 heterocycles. The molecule has 0 radical (unpaired) electrons. The summed E-state index contributed by atoms with van der Waals surface area (Å²) in [6, 6.07) is 15.5. The van der Waals surface area contributed by atoms with E-state index in [0.717, 1.165) is 14.9 Å². The second-order valence-corrected chi connectivity index (χ2v) is 8.04. The van der Waals surface area contributed by atoms with E-state index in [-0.39, 0.29) is 5.97 Å². The zero-order valence-electron chi connectivity index (χ0n) is 10.9. The van der Waals surface area contributed by atoms with Crippen LogP contribution < -0.4 is 8.27 Å². The Labute approximate surface area is 125 Å². The van der Waals surface area contributed by atoms with Gasteiger partial charge in [0.25, 0.3) is 0 Å². The molecular weight excluding hydrogens is 369 g/mol. The number of ether oxygens (including phenoxy) is 1. The Balaban J connectivity index is 1.69. The van der Waals surface area contributed by atoms with Crippen LogP contribution in [0.2, 0.25) is 0 Å². The van der Waals surface area contributed by atoms with E-state index in [1.54, 1.807) is 7.11 Å². The molecule has 4 nitrogen and oxygen atoms in total. The number of methoxy groups -OCH3 is 1. The topological polar surface area (TPSA) is 47.6 Å². The SMILES string of the molecule is COc1ccc(CNI2OC(=O)c3ccccc32)cc1. The minimum absolute atomic E-state index is 0.201. The predicted octanol–water partition coefficient (Wildman–Crippen LogP) is 3.16. The minimum atomic E-state index is -2.05. The average Bonchev–Trinajstić information content (AvgIpc) is 2.83. The summed E-state index contributed by atoms with van der Waals surface area (Å²) < 4.78 is 15.1. The normalized spacial score (nSPS) is 14.8. The molecule has 104 valence electrons. The number of benzene rings is 2. The second-order valence-electron chi connectivity index (χ2n) is 4.25. The molecule has 0 aromatic heterocycles. The van der Waals surface area contributed by atoms with Gasteiger partial charge in [0.05, 0.1) is 0 Å². The fourth-order valence-electron chi connectivity index (χ4n) is 1.91. The molecular formula is C15H14INO3. The van der Waals surface area contributed by atoms with Gasteiger partial charge in [-0.2, -0.15) is 0 Å². The molecule has 20 heavy (non-hydrogen) atoms. The average molecular weight is 383 g/mol. The Morgan fingerprint density at radius 1 is 1.15 bits per heavy atom. The fourth-order valence-corrected chi connectivity index (χ4v) is 5.60. The van der Waals surface area contributed by atoms with Crippen molar-refractivity contribution < 1.29 is 12.6 Å². The van der Waals surface area contributed by atoms with Gasteiger partial charge in [0.15, 0.2) is 0 Å². The van der Waals surface area contributed by atoms with Crippen molar-refractivity contribution in [3.05, 3.63) is 63.2 Å². The number of nitrogens with one attached hydrogen (secondary N) is 1. The van der Waals surface area contributed by atoms with Crippen molar-refractivity contribution in [2.24, 2.45) is 0 Å². The number of carbonyl (C=O) groups is 1. The van der Waals surface area contributed by atoms with E-state index in [4.69, 9.17) is 7.80 Å². The summed E-state index contributed by atoms with van der Waals surface area (Å²) in [7, 11) is 1.65. The molecule has 5 heteroatoms. The zero-order valence-corrected chi connectivity index (χ0v) is 13.1. The molecule has 3 rings (SSSR count).